The lowest BCUT2D eigenvalue weighted by Gasteiger charge is -2.25. The van der Waals surface area contributed by atoms with Gasteiger partial charge in [0, 0.05) is 31.2 Å². The van der Waals surface area contributed by atoms with Crippen molar-refractivity contribution in [2.75, 3.05) is 26.2 Å². The van der Waals surface area contributed by atoms with E-state index in [1.807, 2.05) is 6.92 Å². The summed E-state index contributed by atoms with van der Waals surface area (Å²) in [5, 5.41) is 6.34. The Balaban J connectivity index is 0.00000529. The van der Waals surface area contributed by atoms with E-state index in [1.165, 1.54) is 6.07 Å². The van der Waals surface area contributed by atoms with Crippen LogP contribution in [0.5, 0.6) is 0 Å². The van der Waals surface area contributed by atoms with Gasteiger partial charge in [-0.3, -0.25) is 4.90 Å². The molecule has 1 aromatic rings. The fourth-order valence-electron chi connectivity index (χ4n) is 2.27. The van der Waals surface area contributed by atoms with Crippen LogP contribution < -0.4 is 10.6 Å². The molecule has 0 amide bonds. The highest BCUT2D eigenvalue weighted by Gasteiger charge is 2.07. The summed E-state index contributed by atoms with van der Waals surface area (Å²) in [6.07, 6.45) is 0. The van der Waals surface area contributed by atoms with Gasteiger partial charge in [0.2, 0.25) is 0 Å². The molecule has 1 rings (SSSR count). The zero-order valence-corrected chi connectivity index (χ0v) is 17.2. The van der Waals surface area contributed by atoms with Crippen molar-refractivity contribution in [2.24, 2.45) is 4.99 Å². The van der Waals surface area contributed by atoms with Crippen LogP contribution in [0.3, 0.4) is 0 Å². The lowest BCUT2D eigenvalue weighted by Crippen LogP contribution is -2.43. The molecule has 0 saturated heterocycles. The van der Waals surface area contributed by atoms with E-state index in [1.54, 1.807) is 0 Å². The Morgan fingerprint density at radius 1 is 1.21 bits per heavy atom. The Morgan fingerprint density at radius 2 is 1.92 bits per heavy atom. The maximum Gasteiger partial charge on any atom is 0.191 e. The first-order valence-electron chi connectivity index (χ1n) is 8.18. The van der Waals surface area contributed by atoms with Gasteiger partial charge < -0.3 is 10.6 Å². The van der Waals surface area contributed by atoms with E-state index in [-0.39, 0.29) is 36.1 Å². The van der Waals surface area contributed by atoms with Crippen LogP contribution in [0.4, 0.5) is 8.78 Å². The molecule has 1 aromatic carbocycles. The lowest BCUT2D eigenvalue weighted by molar-refractivity contribution is 0.237. The largest absolute Gasteiger partial charge is 0.357 e. The topological polar surface area (TPSA) is 39.7 Å². The lowest BCUT2D eigenvalue weighted by atomic mass is 10.2. The second kappa shape index (κ2) is 12.4. The van der Waals surface area contributed by atoms with E-state index in [0.29, 0.717) is 18.5 Å². The fourth-order valence-corrected chi connectivity index (χ4v) is 2.27. The number of nitrogens with one attached hydrogen (secondary N) is 2. The second-order valence-electron chi connectivity index (χ2n) is 5.58. The summed E-state index contributed by atoms with van der Waals surface area (Å²) < 4.78 is 26.8. The summed E-state index contributed by atoms with van der Waals surface area (Å²) in [7, 11) is 0. The van der Waals surface area contributed by atoms with Crippen LogP contribution in [0.1, 0.15) is 33.3 Å². The van der Waals surface area contributed by atoms with E-state index in [2.05, 4.69) is 41.3 Å². The molecular weight excluding hydrogens is 425 g/mol. The first-order chi connectivity index (χ1) is 11.0. The van der Waals surface area contributed by atoms with Gasteiger partial charge in [0.25, 0.3) is 0 Å². The van der Waals surface area contributed by atoms with Gasteiger partial charge in [-0.15, -0.1) is 24.0 Å². The average molecular weight is 454 g/mol. The molecule has 7 heteroatoms. The monoisotopic (exact) mass is 454 g/mol. The number of guanidine groups is 1. The third-order valence-corrected chi connectivity index (χ3v) is 3.59. The van der Waals surface area contributed by atoms with Gasteiger partial charge >= 0.3 is 0 Å². The molecule has 0 spiro atoms. The van der Waals surface area contributed by atoms with Gasteiger partial charge in [0.1, 0.15) is 11.6 Å². The Labute approximate surface area is 161 Å². The van der Waals surface area contributed by atoms with E-state index >= 15 is 0 Å². The van der Waals surface area contributed by atoms with Crippen molar-refractivity contribution in [3.05, 3.63) is 35.4 Å². The predicted molar refractivity (Wildman–Crippen MR) is 107 cm³/mol. The molecule has 0 fully saturated rings. The average Bonchev–Trinajstić information content (AvgIpc) is 2.51. The van der Waals surface area contributed by atoms with Gasteiger partial charge in [-0.2, -0.15) is 0 Å². The minimum Gasteiger partial charge on any atom is -0.357 e. The number of benzene rings is 1. The summed E-state index contributed by atoms with van der Waals surface area (Å²) in [6.45, 7) is 11.8. The first kappa shape index (κ1) is 23.0. The number of aliphatic imine (C=N–C) groups is 1. The van der Waals surface area contributed by atoms with Crippen molar-refractivity contribution >= 4 is 29.9 Å². The number of likely N-dealkylation sites (N-methyl/N-ethyl adjacent to an activating group) is 1. The number of hydrogen-bond acceptors (Lipinski definition) is 2. The van der Waals surface area contributed by atoms with Gasteiger partial charge in [0.15, 0.2) is 5.96 Å². The summed E-state index contributed by atoms with van der Waals surface area (Å²) >= 11 is 0. The molecule has 0 aliphatic heterocycles. The molecule has 0 radical (unpaired) electrons. The summed E-state index contributed by atoms with van der Waals surface area (Å²) in [4.78, 5) is 6.66. The highest BCUT2D eigenvalue weighted by atomic mass is 127. The molecule has 0 aliphatic rings. The SMILES string of the molecule is CCNC(=NCc1cc(F)ccc1F)NCCN(CC)C(C)C.I. The Bertz CT molecular complexity index is 509. The number of rotatable bonds is 8. The van der Waals surface area contributed by atoms with E-state index in [0.717, 1.165) is 31.8 Å². The molecule has 0 bridgehead atoms. The maximum absolute atomic E-state index is 13.6. The molecule has 0 unspecified atom stereocenters. The number of halogens is 3. The molecule has 4 nitrogen and oxygen atoms in total. The normalized spacial score (nSPS) is 11.6. The second-order valence-corrected chi connectivity index (χ2v) is 5.58. The third-order valence-electron chi connectivity index (χ3n) is 3.59. The quantitative estimate of drug-likeness (QED) is 0.360. The van der Waals surface area contributed by atoms with Crippen molar-refractivity contribution in [2.45, 2.75) is 40.3 Å². The van der Waals surface area contributed by atoms with Crippen molar-refractivity contribution in [1.82, 2.24) is 15.5 Å². The summed E-state index contributed by atoms with van der Waals surface area (Å²) in [5.74, 6) is -0.288. The van der Waals surface area contributed by atoms with Gasteiger partial charge in [0.05, 0.1) is 6.54 Å². The Kier molecular flexibility index (Phi) is 11.9. The van der Waals surface area contributed by atoms with E-state index in [4.69, 9.17) is 0 Å². The zero-order chi connectivity index (χ0) is 17.2. The van der Waals surface area contributed by atoms with Gasteiger partial charge in [-0.1, -0.05) is 6.92 Å². The van der Waals surface area contributed by atoms with E-state index < -0.39 is 11.6 Å². The van der Waals surface area contributed by atoms with Crippen LogP contribution in [0.2, 0.25) is 0 Å². The molecule has 0 atom stereocenters. The van der Waals surface area contributed by atoms with Crippen molar-refractivity contribution in [3.63, 3.8) is 0 Å². The van der Waals surface area contributed by atoms with Crippen LogP contribution >= 0.6 is 24.0 Å². The molecule has 24 heavy (non-hydrogen) atoms. The van der Waals surface area contributed by atoms with Crippen LogP contribution in [0.25, 0.3) is 0 Å². The zero-order valence-electron chi connectivity index (χ0n) is 14.9. The van der Waals surface area contributed by atoms with Gasteiger partial charge in [-0.05, 0) is 45.5 Å². The third kappa shape index (κ3) is 8.23. The highest BCUT2D eigenvalue weighted by Crippen LogP contribution is 2.10. The van der Waals surface area contributed by atoms with Crippen molar-refractivity contribution < 1.29 is 8.78 Å². The summed E-state index contributed by atoms with van der Waals surface area (Å²) in [6, 6.07) is 3.90. The highest BCUT2D eigenvalue weighted by molar-refractivity contribution is 14.0. The van der Waals surface area contributed by atoms with Crippen LogP contribution in [0.15, 0.2) is 23.2 Å². The standard InChI is InChI=1S/C17H28F2N4.HI/c1-5-20-17(21-9-10-23(6-2)13(3)4)22-12-14-11-15(18)7-8-16(14)19;/h7-8,11,13H,5-6,9-10,12H2,1-4H3,(H2,20,21,22);1H. The van der Waals surface area contributed by atoms with Gasteiger partial charge in [-0.25, -0.2) is 13.8 Å². The minimum absolute atomic E-state index is 0. The maximum atomic E-state index is 13.6. The fraction of sp³-hybridized carbons (Fsp3) is 0.588. The van der Waals surface area contributed by atoms with Crippen molar-refractivity contribution in [3.8, 4) is 0 Å². The predicted octanol–water partition coefficient (Wildman–Crippen LogP) is 3.37. The Morgan fingerprint density at radius 3 is 2.50 bits per heavy atom. The van der Waals surface area contributed by atoms with Crippen LogP contribution in [-0.2, 0) is 6.54 Å². The Hall–Kier alpha value is -0.960. The molecule has 2 N–H and O–H groups in total. The molecule has 0 saturated carbocycles. The van der Waals surface area contributed by atoms with Crippen LogP contribution in [0, 0.1) is 11.6 Å². The molecule has 0 heterocycles. The number of hydrogen-bond donors (Lipinski definition) is 2. The molecule has 0 aromatic heterocycles. The molecule has 0 aliphatic carbocycles. The first-order valence-corrected chi connectivity index (χ1v) is 8.18. The molecular formula is C17H29F2IN4. The molecule has 138 valence electrons. The van der Waals surface area contributed by atoms with Crippen LogP contribution in [-0.4, -0.2) is 43.1 Å². The van der Waals surface area contributed by atoms with Crippen molar-refractivity contribution in [1.29, 1.82) is 0 Å². The van der Waals surface area contributed by atoms with E-state index in [9.17, 15) is 8.78 Å². The number of nitrogens with zero attached hydrogens (tertiary/aromatic N) is 2. The smallest absolute Gasteiger partial charge is 0.191 e. The summed E-state index contributed by atoms with van der Waals surface area (Å²) in [5.41, 5.74) is 0.250. The minimum atomic E-state index is -0.454.